The van der Waals surface area contributed by atoms with Gasteiger partial charge in [0.05, 0.1) is 10.6 Å². The first-order valence-corrected chi connectivity index (χ1v) is 5.26. The van der Waals surface area contributed by atoms with Gasteiger partial charge < -0.3 is 10.4 Å². The number of hydrogen-bond acceptors (Lipinski definition) is 3. The second kappa shape index (κ2) is 6.12. The first-order valence-electron chi connectivity index (χ1n) is 4.89. The van der Waals surface area contributed by atoms with Crippen molar-refractivity contribution in [3.05, 3.63) is 35.0 Å². The van der Waals surface area contributed by atoms with Crippen LogP contribution in [0.5, 0.6) is 0 Å². The van der Waals surface area contributed by atoms with Gasteiger partial charge in [0.2, 0.25) is 0 Å². The third-order valence-corrected chi connectivity index (χ3v) is 2.22. The van der Waals surface area contributed by atoms with Gasteiger partial charge in [0.25, 0.3) is 0 Å². The summed E-state index contributed by atoms with van der Waals surface area (Å²) in [6.07, 6.45) is 6.14. The average Bonchev–Trinajstić information content (AvgIpc) is 2.26. The lowest BCUT2D eigenvalue weighted by atomic mass is 10.3. The van der Waals surface area contributed by atoms with E-state index in [1.54, 1.807) is 0 Å². The van der Waals surface area contributed by atoms with Crippen LogP contribution in [0.15, 0.2) is 24.4 Å². The Morgan fingerprint density at radius 2 is 2.44 bits per heavy atom. The summed E-state index contributed by atoms with van der Waals surface area (Å²) in [6.45, 7) is 2.66. The minimum atomic E-state index is -1.03. The number of hydrogen-bond donors (Lipinski definition) is 2. The number of nitrogens with zero attached hydrogens (tertiary/aromatic N) is 1. The summed E-state index contributed by atoms with van der Waals surface area (Å²) in [5.74, 6) is -0.522. The summed E-state index contributed by atoms with van der Waals surface area (Å²) >= 11 is 5.88. The molecular weight excluding hydrogens is 228 g/mol. The van der Waals surface area contributed by atoms with E-state index >= 15 is 0 Å². The van der Waals surface area contributed by atoms with Crippen LogP contribution in [0, 0.1) is 0 Å². The highest BCUT2D eigenvalue weighted by atomic mass is 35.5. The molecule has 16 heavy (non-hydrogen) atoms. The normalized spacial score (nSPS) is 10.6. The first-order chi connectivity index (χ1) is 7.65. The second-order valence-corrected chi connectivity index (χ2v) is 3.55. The highest BCUT2D eigenvalue weighted by Gasteiger charge is 2.07. The smallest absolute Gasteiger partial charge is 0.337 e. The van der Waals surface area contributed by atoms with Crippen LogP contribution in [0.2, 0.25) is 5.02 Å². The van der Waals surface area contributed by atoms with Gasteiger partial charge in [-0.25, -0.2) is 9.78 Å². The Morgan fingerprint density at radius 3 is 3.00 bits per heavy atom. The van der Waals surface area contributed by atoms with Gasteiger partial charge in [0, 0.05) is 12.7 Å². The fourth-order valence-electron chi connectivity index (χ4n) is 1.13. The van der Waals surface area contributed by atoms with E-state index < -0.39 is 5.97 Å². The van der Waals surface area contributed by atoms with E-state index in [1.165, 1.54) is 12.3 Å². The predicted octanol–water partition coefficient (Wildman–Crippen LogP) is 2.81. The van der Waals surface area contributed by atoms with E-state index in [4.69, 9.17) is 16.7 Å². The SMILES string of the molecule is C/C=C/CCNc1ncc(C(=O)O)cc1Cl. The summed E-state index contributed by atoms with van der Waals surface area (Å²) in [7, 11) is 0. The second-order valence-electron chi connectivity index (χ2n) is 3.14. The molecule has 0 aliphatic heterocycles. The van der Waals surface area contributed by atoms with Crippen LogP contribution in [0.4, 0.5) is 5.82 Å². The monoisotopic (exact) mass is 240 g/mol. The van der Waals surface area contributed by atoms with Crippen molar-refractivity contribution in [2.24, 2.45) is 0 Å². The molecule has 0 aliphatic rings. The van der Waals surface area contributed by atoms with Crippen molar-refractivity contribution in [3.63, 3.8) is 0 Å². The van der Waals surface area contributed by atoms with Crippen LogP contribution >= 0.6 is 11.6 Å². The Morgan fingerprint density at radius 1 is 1.69 bits per heavy atom. The zero-order valence-electron chi connectivity index (χ0n) is 8.90. The highest BCUT2D eigenvalue weighted by Crippen LogP contribution is 2.19. The number of carboxylic acids is 1. The number of carboxylic acid groups (broad SMARTS) is 1. The lowest BCUT2D eigenvalue weighted by Gasteiger charge is -2.06. The van der Waals surface area contributed by atoms with Crippen molar-refractivity contribution in [3.8, 4) is 0 Å². The quantitative estimate of drug-likeness (QED) is 0.614. The molecule has 4 nitrogen and oxygen atoms in total. The molecule has 1 heterocycles. The number of carbonyl (C=O) groups is 1. The molecule has 0 saturated carbocycles. The van der Waals surface area contributed by atoms with E-state index in [2.05, 4.69) is 10.3 Å². The summed E-state index contributed by atoms with van der Waals surface area (Å²) in [5, 5.41) is 12.1. The summed E-state index contributed by atoms with van der Waals surface area (Å²) < 4.78 is 0. The molecule has 1 aromatic rings. The molecule has 0 unspecified atom stereocenters. The fourth-order valence-corrected chi connectivity index (χ4v) is 1.36. The van der Waals surface area contributed by atoms with Gasteiger partial charge in [-0.3, -0.25) is 0 Å². The molecule has 0 spiro atoms. The maximum absolute atomic E-state index is 10.6. The zero-order chi connectivity index (χ0) is 12.0. The van der Waals surface area contributed by atoms with Crippen LogP contribution in [-0.2, 0) is 0 Å². The average molecular weight is 241 g/mol. The fraction of sp³-hybridized carbons (Fsp3) is 0.273. The lowest BCUT2D eigenvalue weighted by molar-refractivity contribution is 0.0696. The summed E-state index contributed by atoms with van der Waals surface area (Å²) in [5.41, 5.74) is 0.0870. The van der Waals surface area contributed by atoms with Crippen molar-refractivity contribution < 1.29 is 9.90 Å². The molecule has 0 aromatic carbocycles. The Hall–Kier alpha value is -1.55. The minimum Gasteiger partial charge on any atom is -0.478 e. The molecule has 0 saturated heterocycles. The largest absolute Gasteiger partial charge is 0.478 e. The Bertz CT molecular complexity index is 405. The number of aromatic nitrogens is 1. The minimum absolute atomic E-state index is 0.0870. The molecule has 0 fully saturated rings. The molecule has 0 bridgehead atoms. The van der Waals surface area contributed by atoms with E-state index in [0.29, 0.717) is 17.4 Å². The van der Waals surface area contributed by atoms with Gasteiger partial charge in [-0.05, 0) is 19.4 Å². The number of aromatic carboxylic acids is 1. The highest BCUT2D eigenvalue weighted by molar-refractivity contribution is 6.33. The molecule has 2 N–H and O–H groups in total. The lowest BCUT2D eigenvalue weighted by Crippen LogP contribution is -2.05. The van der Waals surface area contributed by atoms with Crippen molar-refractivity contribution in [1.29, 1.82) is 0 Å². The summed E-state index contributed by atoms with van der Waals surface area (Å²) in [6, 6.07) is 1.38. The zero-order valence-corrected chi connectivity index (χ0v) is 9.66. The van der Waals surface area contributed by atoms with Crippen LogP contribution < -0.4 is 5.32 Å². The van der Waals surface area contributed by atoms with Gasteiger partial charge in [0.1, 0.15) is 5.82 Å². The number of nitrogens with one attached hydrogen (secondary N) is 1. The maximum atomic E-state index is 10.6. The van der Waals surface area contributed by atoms with Gasteiger partial charge in [-0.1, -0.05) is 23.8 Å². The van der Waals surface area contributed by atoms with Crippen molar-refractivity contribution in [2.75, 3.05) is 11.9 Å². The number of anilines is 1. The van der Waals surface area contributed by atoms with E-state index in [0.717, 1.165) is 6.42 Å². The van der Waals surface area contributed by atoms with Gasteiger partial charge in [-0.15, -0.1) is 0 Å². The molecule has 0 aliphatic carbocycles. The van der Waals surface area contributed by atoms with Crippen LogP contribution in [-0.4, -0.2) is 22.6 Å². The number of allylic oxidation sites excluding steroid dienone is 1. The molecule has 86 valence electrons. The van der Waals surface area contributed by atoms with Crippen molar-refractivity contribution in [1.82, 2.24) is 4.98 Å². The number of pyridine rings is 1. The maximum Gasteiger partial charge on any atom is 0.337 e. The topological polar surface area (TPSA) is 62.2 Å². The Labute approximate surface area is 99.0 Å². The molecule has 5 heteroatoms. The van der Waals surface area contributed by atoms with Gasteiger partial charge in [0.15, 0.2) is 0 Å². The molecule has 0 radical (unpaired) electrons. The van der Waals surface area contributed by atoms with Crippen LogP contribution in [0.25, 0.3) is 0 Å². The number of rotatable bonds is 5. The van der Waals surface area contributed by atoms with Gasteiger partial charge in [-0.2, -0.15) is 0 Å². The molecule has 1 aromatic heterocycles. The van der Waals surface area contributed by atoms with E-state index in [9.17, 15) is 4.79 Å². The third-order valence-electron chi connectivity index (χ3n) is 1.93. The first kappa shape index (κ1) is 12.5. The van der Waals surface area contributed by atoms with Gasteiger partial charge >= 0.3 is 5.97 Å². The summed E-state index contributed by atoms with van der Waals surface area (Å²) in [4.78, 5) is 14.6. The van der Waals surface area contributed by atoms with Crippen LogP contribution in [0.1, 0.15) is 23.7 Å². The third kappa shape index (κ3) is 3.55. The van der Waals surface area contributed by atoms with Crippen molar-refractivity contribution in [2.45, 2.75) is 13.3 Å². The predicted molar refractivity (Wildman–Crippen MR) is 64.1 cm³/mol. The Balaban J connectivity index is 2.64. The standard InChI is InChI=1S/C11H13ClN2O2/c1-2-3-4-5-13-10-9(12)6-8(7-14-10)11(15)16/h2-3,6-7H,4-5H2,1H3,(H,13,14)(H,15,16)/b3-2+. The molecule has 1 rings (SSSR count). The van der Waals surface area contributed by atoms with Crippen molar-refractivity contribution >= 4 is 23.4 Å². The molecule has 0 amide bonds. The van der Waals surface area contributed by atoms with E-state index in [-0.39, 0.29) is 5.56 Å². The Kier molecular flexibility index (Phi) is 4.79. The number of halogens is 1. The molecule has 0 atom stereocenters. The van der Waals surface area contributed by atoms with Crippen LogP contribution in [0.3, 0.4) is 0 Å². The molecular formula is C11H13ClN2O2. The van der Waals surface area contributed by atoms with E-state index in [1.807, 2.05) is 19.1 Å².